The third kappa shape index (κ3) is 3.70. The normalized spacial score (nSPS) is 25.3. The van der Waals surface area contributed by atoms with Gasteiger partial charge >= 0.3 is 6.18 Å². The lowest BCUT2D eigenvalue weighted by Gasteiger charge is -2.57. The minimum Gasteiger partial charge on any atom is -0.348 e. The van der Waals surface area contributed by atoms with Crippen LogP contribution in [0.15, 0.2) is 48.9 Å². The minimum absolute atomic E-state index is 0.186. The molecule has 0 unspecified atom stereocenters. The molecule has 31 heavy (non-hydrogen) atoms. The smallest absolute Gasteiger partial charge is 0.348 e. The zero-order valence-electron chi connectivity index (χ0n) is 17.2. The summed E-state index contributed by atoms with van der Waals surface area (Å²) in [6, 6.07) is 9.08. The molecule has 4 nitrogen and oxygen atoms in total. The van der Waals surface area contributed by atoms with E-state index in [2.05, 4.69) is 17.2 Å². The highest BCUT2D eigenvalue weighted by Gasteiger charge is 2.51. The number of hydrogen-bond donors (Lipinski definition) is 1. The first-order valence-electron chi connectivity index (χ1n) is 10.6. The third-order valence-electron chi connectivity index (χ3n) is 6.79. The molecular weight excluding hydrogens is 403 g/mol. The molecule has 0 radical (unpaired) electrons. The Bertz CT molecular complexity index is 1120. The number of hydrogen-bond acceptors (Lipinski definition) is 2. The second-order valence-electron chi connectivity index (χ2n) is 9.35. The number of carbonyl (C=O) groups excluding carboxylic acids is 1. The topological polar surface area (TPSA) is 46.4 Å². The van der Waals surface area contributed by atoms with Crippen LogP contribution in [0, 0.1) is 11.3 Å². The van der Waals surface area contributed by atoms with E-state index in [-0.39, 0.29) is 11.9 Å². The van der Waals surface area contributed by atoms with Crippen molar-refractivity contribution < 1.29 is 18.0 Å². The van der Waals surface area contributed by atoms with E-state index in [1.54, 1.807) is 10.7 Å². The van der Waals surface area contributed by atoms with Crippen molar-refractivity contribution in [1.82, 2.24) is 14.7 Å². The predicted molar refractivity (Wildman–Crippen MR) is 111 cm³/mol. The zero-order valence-corrected chi connectivity index (χ0v) is 17.2. The van der Waals surface area contributed by atoms with Gasteiger partial charge in [0.1, 0.15) is 6.33 Å². The van der Waals surface area contributed by atoms with Crippen molar-refractivity contribution in [3.8, 4) is 0 Å². The Morgan fingerprint density at radius 2 is 1.87 bits per heavy atom. The number of benzene rings is 1. The minimum atomic E-state index is -4.35. The second kappa shape index (κ2) is 7.11. The second-order valence-corrected chi connectivity index (χ2v) is 9.35. The standard InChI is InChI=1S/C24H24F3N3O/c1-15-10-23(11-15)12-19(13-23)29-22(31)20-21-17(3-2-8-30(21)14-28-20)9-16-4-6-18(7-5-16)24(25,26)27/h2-8,14-15,19H,9-13H2,1H3,(H,29,31). The van der Waals surface area contributed by atoms with Gasteiger partial charge in [-0.3, -0.25) is 4.79 Å². The highest BCUT2D eigenvalue weighted by atomic mass is 19.4. The molecule has 162 valence electrons. The van der Waals surface area contributed by atoms with Crippen LogP contribution < -0.4 is 5.32 Å². The van der Waals surface area contributed by atoms with Crippen molar-refractivity contribution in [2.75, 3.05) is 0 Å². The van der Waals surface area contributed by atoms with Crippen molar-refractivity contribution in [3.63, 3.8) is 0 Å². The first kappa shape index (κ1) is 20.1. The average Bonchev–Trinajstić information content (AvgIpc) is 3.10. The molecule has 2 aliphatic carbocycles. The fraction of sp³-hybridized carbons (Fsp3) is 0.417. The van der Waals surface area contributed by atoms with Gasteiger partial charge in [0.15, 0.2) is 5.69 Å². The Morgan fingerprint density at radius 1 is 1.16 bits per heavy atom. The average molecular weight is 427 g/mol. The summed E-state index contributed by atoms with van der Waals surface area (Å²) in [6.45, 7) is 2.27. The van der Waals surface area contributed by atoms with Crippen molar-refractivity contribution in [1.29, 1.82) is 0 Å². The van der Waals surface area contributed by atoms with E-state index in [0.717, 1.165) is 42.0 Å². The molecule has 2 aliphatic rings. The SMILES string of the molecule is CC1CC2(C1)CC(NC(=O)c1ncn3cccc(Cc4ccc(C(F)(F)F)cc4)c13)C2. The monoisotopic (exact) mass is 427 g/mol. The number of carbonyl (C=O) groups is 1. The van der Waals surface area contributed by atoms with Gasteiger partial charge in [-0.2, -0.15) is 13.2 Å². The van der Waals surface area contributed by atoms with Crippen molar-refractivity contribution in [3.05, 3.63) is 71.3 Å². The van der Waals surface area contributed by atoms with Crippen LogP contribution in [0.4, 0.5) is 13.2 Å². The van der Waals surface area contributed by atoms with Crippen LogP contribution in [0.5, 0.6) is 0 Å². The van der Waals surface area contributed by atoms with Crippen LogP contribution in [0.3, 0.4) is 0 Å². The van der Waals surface area contributed by atoms with Crippen LogP contribution in [0.1, 0.15) is 59.8 Å². The number of nitrogens with zero attached hydrogens (tertiary/aromatic N) is 2. The molecule has 1 aromatic carbocycles. The molecule has 2 heterocycles. The summed E-state index contributed by atoms with van der Waals surface area (Å²) in [7, 11) is 0. The van der Waals surface area contributed by atoms with Crippen molar-refractivity contribution >= 4 is 11.4 Å². The largest absolute Gasteiger partial charge is 0.416 e. The highest BCUT2D eigenvalue weighted by Crippen LogP contribution is 2.58. The third-order valence-corrected chi connectivity index (χ3v) is 6.79. The molecule has 0 saturated heterocycles. The lowest BCUT2D eigenvalue weighted by Crippen LogP contribution is -2.55. The van der Waals surface area contributed by atoms with Crippen LogP contribution in [0.2, 0.25) is 0 Å². The number of imidazole rings is 1. The first-order valence-corrected chi connectivity index (χ1v) is 10.6. The summed E-state index contributed by atoms with van der Waals surface area (Å²) < 4.78 is 40.3. The van der Waals surface area contributed by atoms with Crippen LogP contribution in [-0.4, -0.2) is 21.3 Å². The molecule has 1 spiro atoms. The quantitative estimate of drug-likeness (QED) is 0.618. The van der Waals surface area contributed by atoms with E-state index >= 15 is 0 Å². The van der Waals surface area contributed by atoms with Crippen LogP contribution in [0.25, 0.3) is 5.52 Å². The van der Waals surface area contributed by atoms with Gasteiger partial charge in [-0.1, -0.05) is 25.1 Å². The number of nitrogens with one attached hydrogen (secondary N) is 1. The van der Waals surface area contributed by atoms with E-state index in [1.165, 1.54) is 25.0 Å². The number of fused-ring (bicyclic) bond motifs is 1. The molecule has 2 fully saturated rings. The summed E-state index contributed by atoms with van der Waals surface area (Å²) >= 11 is 0. The van der Waals surface area contributed by atoms with Gasteiger partial charge in [-0.05, 0) is 72.8 Å². The number of alkyl halides is 3. The van der Waals surface area contributed by atoms with Gasteiger partial charge in [0.25, 0.3) is 5.91 Å². The molecule has 7 heteroatoms. The van der Waals surface area contributed by atoms with Gasteiger partial charge in [-0.25, -0.2) is 4.98 Å². The van der Waals surface area contributed by atoms with E-state index in [9.17, 15) is 18.0 Å². The van der Waals surface area contributed by atoms with E-state index in [4.69, 9.17) is 0 Å². The maximum atomic E-state index is 13.0. The van der Waals surface area contributed by atoms with E-state index in [0.29, 0.717) is 23.0 Å². The van der Waals surface area contributed by atoms with Crippen molar-refractivity contribution in [2.24, 2.45) is 11.3 Å². The fourth-order valence-electron chi connectivity index (χ4n) is 5.56. The van der Waals surface area contributed by atoms with E-state index < -0.39 is 11.7 Å². The highest BCUT2D eigenvalue weighted by molar-refractivity contribution is 6.00. The number of aromatic nitrogens is 2. The molecular formula is C24H24F3N3O. The molecule has 0 bridgehead atoms. The molecule has 1 N–H and O–H groups in total. The summed E-state index contributed by atoms with van der Waals surface area (Å²) in [5.41, 5.74) is 2.44. The summed E-state index contributed by atoms with van der Waals surface area (Å²) in [4.78, 5) is 17.3. The van der Waals surface area contributed by atoms with Crippen molar-refractivity contribution in [2.45, 2.75) is 51.2 Å². The van der Waals surface area contributed by atoms with Gasteiger partial charge < -0.3 is 9.72 Å². The summed E-state index contributed by atoms with van der Waals surface area (Å²) in [5.74, 6) is 0.607. The predicted octanol–water partition coefficient (Wildman–Crippen LogP) is 5.25. The molecule has 3 aromatic rings. The van der Waals surface area contributed by atoms with Gasteiger partial charge in [0.05, 0.1) is 11.1 Å². The Labute approximate surface area is 178 Å². The number of pyridine rings is 1. The van der Waals surface area contributed by atoms with E-state index in [1.807, 2.05) is 18.3 Å². The maximum absolute atomic E-state index is 13.0. The molecule has 0 atom stereocenters. The first-order chi connectivity index (χ1) is 14.7. The Balaban J connectivity index is 1.34. The Kier molecular flexibility index (Phi) is 4.61. The Morgan fingerprint density at radius 3 is 2.52 bits per heavy atom. The number of amides is 1. The molecule has 5 rings (SSSR count). The lowest BCUT2D eigenvalue weighted by molar-refractivity contribution is -0.137. The molecule has 0 aliphatic heterocycles. The van der Waals surface area contributed by atoms with Gasteiger partial charge in [-0.15, -0.1) is 0 Å². The lowest BCUT2D eigenvalue weighted by atomic mass is 9.50. The maximum Gasteiger partial charge on any atom is 0.416 e. The molecule has 2 saturated carbocycles. The molecule has 2 aromatic heterocycles. The number of rotatable bonds is 4. The van der Waals surface area contributed by atoms with Crippen LogP contribution >= 0.6 is 0 Å². The summed E-state index contributed by atoms with van der Waals surface area (Å²) in [5, 5.41) is 3.12. The number of halogens is 3. The fourth-order valence-corrected chi connectivity index (χ4v) is 5.56. The van der Waals surface area contributed by atoms with Gasteiger partial charge in [0, 0.05) is 12.2 Å². The van der Waals surface area contributed by atoms with Crippen LogP contribution in [-0.2, 0) is 12.6 Å². The zero-order chi connectivity index (χ0) is 21.8. The Hall–Kier alpha value is -2.83. The van der Waals surface area contributed by atoms with Gasteiger partial charge in [0.2, 0.25) is 0 Å². The summed E-state index contributed by atoms with van der Waals surface area (Å²) in [6.07, 6.45) is 4.07. The molecule has 1 amide bonds.